The summed E-state index contributed by atoms with van der Waals surface area (Å²) in [6, 6.07) is 10.2. The number of hydrogen-bond acceptors (Lipinski definition) is 3. The number of aromatic nitrogens is 1. The molecule has 2 aromatic rings. The van der Waals surface area contributed by atoms with Crippen molar-refractivity contribution in [2.75, 3.05) is 18.5 Å². The van der Waals surface area contributed by atoms with E-state index in [2.05, 4.69) is 22.0 Å². The summed E-state index contributed by atoms with van der Waals surface area (Å²) < 4.78 is 0. The number of benzene rings is 1. The molecule has 0 amide bonds. The van der Waals surface area contributed by atoms with Gasteiger partial charge in [-0.3, -0.25) is 0 Å². The highest BCUT2D eigenvalue weighted by molar-refractivity contribution is 5.91. The van der Waals surface area contributed by atoms with E-state index in [9.17, 15) is 5.11 Å². The SMILES string of the molecule is CC(O)CCN(C)c1nccc2ccccc12. The third-order valence-electron chi connectivity index (χ3n) is 2.90. The lowest BCUT2D eigenvalue weighted by Gasteiger charge is -2.20. The predicted octanol–water partition coefficient (Wildman–Crippen LogP) is 2.44. The van der Waals surface area contributed by atoms with Crippen molar-refractivity contribution < 1.29 is 5.11 Å². The summed E-state index contributed by atoms with van der Waals surface area (Å²) in [6.07, 6.45) is 2.31. The quantitative estimate of drug-likeness (QED) is 0.876. The van der Waals surface area contributed by atoms with Gasteiger partial charge in [0.1, 0.15) is 5.82 Å². The smallest absolute Gasteiger partial charge is 0.136 e. The summed E-state index contributed by atoms with van der Waals surface area (Å²) in [4.78, 5) is 6.52. The summed E-state index contributed by atoms with van der Waals surface area (Å²) in [5.74, 6) is 0.976. The topological polar surface area (TPSA) is 36.4 Å². The lowest BCUT2D eigenvalue weighted by atomic mass is 10.1. The molecule has 0 radical (unpaired) electrons. The van der Waals surface area contributed by atoms with Gasteiger partial charge in [-0.2, -0.15) is 0 Å². The van der Waals surface area contributed by atoms with Gasteiger partial charge < -0.3 is 10.0 Å². The van der Waals surface area contributed by atoms with Gasteiger partial charge in [-0.05, 0) is 24.8 Å². The van der Waals surface area contributed by atoms with E-state index in [0.29, 0.717) is 0 Å². The number of aliphatic hydroxyl groups is 1. The maximum Gasteiger partial charge on any atom is 0.136 e. The summed E-state index contributed by atoms with van der Waals surface area (Å²) >= 11 is 0. The van der Waals surface area contributed by atoms with Crippen LogP contribution >= 0.6 is 0 Å². The van der Waals surface area contributed by atoms with Crippen LogP contribution in [0, 0.1) is 0 Å². The molecule has 17 heavy (non-hydrogen) atoms. The number of nitrogens with zero attached hydrogens (tertiary/aromatic N) is 2. The third kappa shape index (κ3) is 2.74. The first kappa shape index (κ1) is 11.9. The van der Waals surface area contributed by atoms with Crippen LogP contribution in [0.2, 0.25) is 0 Å². The highest BCUT2D eigenvalue weighted by Gasteiger charge is 2.07. The van der Waals surface area contributed by atoms with Crippen LogP contribution in [0.15, 0.2) is 36.5 Å². The molecular weight excluding hydrogens is 212 g/mol. The minimum atomic E-state index is -0.271. The Bertz CT molecular complexity index is 491. The van der Waals surface area contributed by atoms with Gasteiger partial charge >= 0.3 is 0 Å². The molecule has 3 nitrogen and oxygen atoms in total. The molecule has 1 heterocycles. The first-order chi connectivity index (χ1) is 8.18. The first-order valence-electron chi connectivity index (χ1n) is 5.91. The number of pyridine rings is 1. The second-order valence-corrected chi connectivity index (χ2v) is 4.41. The van der Waals surface area contributed by atoms with Crippen molar-refractivity contribution >= 4 is 16.6 Å². The van der Waals surface area contributed by atoms with Crippen LogP contribution in [-0.4, -0.2) is 29.8 Å². The molecule has 3 heteroatoms. The number of fused-ring (bicyclic) bond motifs is 1. The molecule has 0 saturated heterocycles. The molecule has 0 fully saturated rings. The van der Waals surface area contributed by atoms with Crippen LogP contribution in [0.25, 0.3) is 10.8 Å². The van der Waals surface area contributed by atoms with Crippen LogP contribution in [0.4, 0.5) is 5.82 Å². The average molecular weight is 230 g/mol. The number of hydrogen-bond donors (Lipinski definition) is 1. The van der Waals surface area contributed by atoms with Crippen molar-refractivity contribution in [3.05, 3.63) is 36.5 Å². The summed E-state index contributed by atoms with van der Waals surface area (Å²) in [5.41, 5.74) is 0. The van der Waals surface area contributed by atoms with E-state index in [1.807, 2.05) is 38.4 Å². The van der Waals surface area contributed by atoms with Crippen molar-refractivity contribution in [3.63, 3.8) is 0 Å². The molecule has 1 N–H and O–H groups in total. The molecule has 90 valence electrons. The fraction of sp³-hybridized carbons (Fsp3) is 0.357. The van der Waals surface area contributed by atoms with Gasteiger partial charge in [0.15, 0.2) is 0 Å². The lowest BCUT2D eigenvalue weighted by molar-refractivity contribution is 0.187. The van der Waals surface area contributed by atoms with Gasteiger partial charge in [-0.1, -0.05) is 24.3 Å². The highest BCUT2D eigenvalue weighted by atomic mass is 16.3. The molecule has 1 atom stereocenters. The maximum atomic E-state index is 9.31. The second-order valence-electron chi connectivity index (χ2n) is 4.41. The van der Waals surface area contributed by atoms with E-state index in [0.717, 1.165) is 24.2 Å². The fourth-order valence-electron chi connectivity index (χ4n) is 1.89. The Hall–Kier alpha value is -1.61. The van der Waals surface area contributed by atoms with E-state index in [-0.39, 0.29) is 6.10 Å². The first-order valence-corrected chi connectivity index (χ1v) is 5.91. The largest absolute Gasteiger partial charge is 0.393 e. The molecule has 0 bridgehead atoms. The minimum absolute atomic E-state index is 0.271. The van der Waals surface area contributed by atoms with Crippen molar-refractivity contribution in [2.24, 2.45) is 0 Å². The monoisotopic (exact) mass is 230 g/mol. The Balaban J connectivity index is 2.28. The molecular formula is C14H18N2O. The van der Waals surface area contributed by atoms with Gasteiger partial charge in [0.25, 0.3) is 0 Å². The zero-order valence-corrected chi connectivity index (χ0v) is 10.3. The predicted molar refractivity (Wildman–Crippen MR) is 71.3 cm³/mol. The highest BCUT2D eigenvalue weighted by Crippen LogP contribution is 2.23. The van der Waals surface area contributed by atoms with Crippen LogP contribution in [0.1, 0.15) is 13.3 Å². The van der Waals surface area contributed by atoms with Crippen LogP contribution in [-0.2, 0) is 0 Å². The van der Waals surface area contributed by atoms with E-state index in [4.69, 9.17) is 0 Å². The van der Waals surface area contributed by atoms with Gasteiger partial charge in [0, 0.05) is 25.2 Å². The fourth-order valence-corrected chi connectivity index (χ4v) is 1.89. The Labute approximate surface area is 102 Å². The molecule has 1 aromatic carbocycles. The van der Waals surface area contributed by atoms with Crippen molar-refractivity contribution in [1.82, 2.24) is 4.98 Å². The molecule has 2 rings (SSSR count). The Kier molecular flexibility index (Phi) is 3.59. The second kappa shape index (κ2) is 5.15. The van der Waals surface area contributed by atoms with Crippen LogP contribution in [0.5, 0.6) is 0 Å². The summed E-state index contributed by atoms with van der Waals surface area (Å²) in [5, 5.41) is 11.7. The Morgan fingerprint density at radius 1 is 1.29 bits per heavy atom. The standard InChI is InChI=1S/C14H18N2O/c1-11(17)8-10-16(2)14-13-6-4-3-5-12(13)7-9-15-14/h3-7,9,11,17H,8,10H2,1-2H3. The normalized spacial score (nSPS) is 12.6. The van der Waals surface area contributed by atoms with Gasteiger partial charge in [-0.15, -0.1) is 0 Å². The van der Waals surface area contributed by atoms with Gasteiger partial charge in [-0.25, -0.2) is 4.98 Å². The van der Waals surface area contributed by atoms with Gasteiger partial charge in [0.05, 0.1) is 6.10 Å². The van der Waals surface area contributed by atoms with Crippen LogP contribution in [0.3, 0.4) is 0 Å². The van der Waals surface area contributed by atoms with E-state index in [1.54, 1.807) is 0 Å². The summed E-state index contributed by atoms with van der Waals surface area (Å²) in [7, 11) is 2.01. The number of anilines is 1. The molecule has 0 aliphatic carbocycles. The number of aliphatic hydroxyl groups excluding tert-OH is 1. The third-order valence-corrected chi connectivity index (χ3v) is 2.90. The Morgan fingerprint density at radius 2 is 2.06 bits per heavy atom. The maximum absolute atomic E-state index is 9.31. The van der Waals surface area contributed by atoms with E-state index < -0.39 is 0 Å². The van der Waals surface area contributed by atoms with Gasteiger partial charge in [0.2, 0.25) is 0 Å². The minimum Gasteiger partial charge on any atom is -0.393 e. The van der Waals surface area contributed by atoms with Crippen molar-refractivity contribution in [1.29, 1.82) is 0 Å². The average Bonchev–Trinajstić information content (AvgIpc) is 2.35. The van der Waals surface area contributed by atoms with E-state index in [1.165, 1.54) is 5.39 Å². The van der Waals surface area contributed by atoms with E-state index >= 15 is 0 Å². The molecule has 0 aliphatic heterocycles. The van der Waals surface area contributed by atoms with Crippen LogP contribution < -0.4 is 4.90 Å². The molecule has 0 aliphatic rings. The van der Waals surface area contributed by atoms with Crippen molar-refractivity contribution in [3.8, 4) is 0 Å². The molecule has 0 saturated carbocycles. The lowest BCUT2D eigenvalue weighted by Crippen LogP contribution is -2.22. The summed E-state index contributed by atoms with van der Waals surface area (Å²) in [6.45, 7) is 2.61. The molecule has 1 unspecified atom stereocenters. The Morgan fingerprint density at radius 3 is 2.82 bits per heavy atom. The zero-order chi connectivity index (χ0) is 12.3. The van der Waals surface area contributed by atoms with Crippen molar-refractivity contribution in [2.45, 2.75) is 19.4 Å². The molecule has 0 spiro atoms. The number of rotatable bonds is 4. The molecule has 1 aromatic heterocycles. The zero-order valence-electron chi connectivity index (χ0n) is 10.3.